The zero-order valence-electron chi connectivity index (χ0n) is 14.1. The highest BCUT2D eigenvalue weighted by Crippen LogP contribution is 2.35. The third kappa shape index (κ3) is 2.69. The minimum absolute atomic E-state index is 0.203. The summed E-state index contributed by atoms with van der Waals surface area (Å²) in [5.74, 6) is 1.56. The molecule has 1 fully saturated rings. The molecular formula is C17H21N7O. The van der Waals surface area contributed by atoms with E-state index >= 15 is 0 Å². The van der Waals surface area contributed by atoms with Crippen molar-refractivity contribution in [2.45, 2.75) is 6.04 Å². The third-order valence-corrected chi connectivity index (χ3v) is 4.80. The van der Waals surface area contributed by atoms with Crippen molar-refractivity contribution in [3.8, 4) is 17.0 Å². The van der Waals surface area contributed by atoms with Crippen molar-refractivity contribution in [2.75, 3.05) is 43.4 Å². The zero-order valence-corrected chi connectivity index (χ0v) is 14.1. The molecule has 2 aliphatic rings. The summed E-state index contributed by atoms with van der Waals surface area (Å²) in [6, 6.07) is 9.44. The number of phenols is 1. The van der Waals surface area contributed by atoms with E-state index in [1.807, 2.05) is 18.2 Å². The van der Waals surface area contributed by atoms with Gasteiger partial charge in [-0.3, -0.25) is 4.99 Å². The number of nitrogens with two attached hydrogens (primary N) is 1. The van der Waals surface area contributed by atoms with Gasteiger partial charge in [0.15, 0.2) is 11.8 Å². The van der Waals surface area contributed by atoms with Crippen LogP contribution >= 0.6 is 0 Å². The maximum absolute atomic E-state index is 10.1. The minimum Gasteiger partial charge on any atom is -0.507 e. The lowest BCUT2D eigenvalue weighted by molar-refractivity contribution is 0.326. The van der Waals surface area contributed by atoms with E-state index in [0.29, 0.717) is 17.2 Å². The number of fused-ring (bicyclic) bond motifs is 3. The largest absolute Gasteiger partial charge is 0.507 e. The molecule has 0 amide bonds. The van der Waals surface area contributed by atoms with Crippen LogP contribution in [0, 0.1) is 0 Å². The Morgan fingerprint density at radius 1 is 1.32 bits per heavy atom. The molecule has 2 aromatic rings. The highest BCUT2D eigenvalue weighted by molar-refractivity contribution is 5.80. The van der Waals surface area contributed by atoms with Crippen molar-refractivity contribution in [3.05, 3.63) is 30.3 Å². The molecule has 0 saturated carbocycles. The van der Waals surface area contributed by atoms with Crippen LogP contribution in [0.4, 0.5) is 11.5 Å². The van der Waals surface area contributed by atoms with Gasteiger partial charge in [0.05, 0.1) is 17.4 Å². The van der Waals surface area contributed by atoms with Gasteiger partial charge in [0.2, 0.25) is 0 Å². The second kappa shape index (κ2) is 6.12. The van der Waals surface area contributed by atoms with Gasteiger partial charge in [-0.2, -0.15) is 0 Å². The number of piperazine rings is 1. The van der Waals surface area contributed by atoms with Gasteiger partial charge in [0.25, 0.3) is 0 Å². The Kier molecular flexibility index (Phi) is 3.79. The van der Waals surface area contributed by atoms with Gasteiger partial charge in [-0.1, -0.05) is 12.1 Å². The summed E-state index contributed by atoms with van der Waals surface area (Å²) in [5, 5.41) is 22.0. The number of aliphatic imine (C=N–C) groups is 1. The van der Waals surface area contributed by atoms with Gasteiger partial charge in [0, 0.05) is 38.8 Å². The molecule has 0 bridgehead atoms. The first kappa shape index (κ1) is 15.5. The lowest BCUT2D eigenvalue weighted by atomic mass is 10.1. The SMILES string of the molecule is CN=C(N)N1CCN2c3cc(-c4ccccc4O)nnc3NC[C@@H]2C1. The van der Waals surface area contributed by atoms with Crippen LogP contribution in [0.25, 0.3) is 11.3 Å². The fourth-order valence-electron chi connectivity index (χ4n) is 3.46. The van der Waals surface area contributed by atoms with Gasteiger partial charge in [-0.05, 0) is 18.2 Å². The lowest BCUT2D eigenvalue weighted by Crippen LogP contribution is -2.60. The summed E-state index contributed by atoms with van der Waals surface area (Å²) in [6.45, 7) is 3.24. The predicted molar refractivity (Wildman–Crippen MR) is 97.9 cm³/mol. The van der Waals surface area contributed by atoms with Gasteiger partial charge in [-0.25, -0.2) is 0 Å². The Morgan fingerprint density at radius 3 is 2.96 bits per heavy atom. The van der Waals surface area contributed by atoms with Crippen LogP contribution in [0.5, 0.6) is 5.75 Å². The van der Waals surface area contributed by atoms with Crippen LogP contribution in [0.1, 0.15) is 0 Å². The number of para-hydroxylation sites is 1. The first-order chi connectivity index (χ1) is 12.2. The molecule has 1 atom stereocenters. The second-order valence-electron chi connectivity index (χ2n) is 6.24. The highest BCUT2D eigenvalue weighted by atomic mass is 16.3. The summed E-state index contributed by atoms with van der Waals surface area (Å²) < 4.78 is 0. The van der Waals surface area contributed by atoms with E-state index in [2.05, 4.69) is 30.3 Å². The number of hydrogen-bond acceptors (Lipinski definition) is 6. The van der Waals surface area contributed by atoms with Crippen molar-refractivity contribution in [2.24, 2.45) is 10.7 Å². The number of hydrogen-bond donors (Lipinski definition) is 3. The number of anilines is 2. The topological polar surface area (TPSA) is 103 Å². The summed E-state index contributed by atoms with van der Waals surface area (Å²) >= 11 is 0. The molecule has 4 N–H and O–H groups in total. The first-order valence-corrected chi connectivity index (χ1v) is 8.31. The average Bonchev–Trinajstić information content (AvgIpc) is 2.66. The van der Waals surface area contributed by atoms with E-state index in [1.54, 1.807) is 19.2 Å². The third-order valence-electron chi connectivity index (χ3n) is 4.80. The molecule has 0 radical (unpaired) electrons. The standard InChI is InChI=1S/C17H21N7O/c1-19-17(18)23-6-7-24-11(10-23)9-20-16-14(24)8-13(21-22-16)12-4-2-3-5-15(12)25/h2-5,8,11,25H,6-7,9-10H2,1H3,(H2,18,19)(H,20,22)/t11-/m1/s1. The molecule has 8 heteroatoms. The number of benzene rings is 1. The molecule has 4 rings (SSSR count). The normalized spacial score (nSPS) is 19.9. The number of nitrogens with zero attached hydrogens (tertiary/aromatic N) is 5. The number of aromatic hydroxyl groups is 1. The van der Waals surface area contributed by atoms with Gasteiger partial charge >= 0.3 is 0 Å². The molecule has 0 spiro atoms. The van der Waals surface area contributed by atoms with E-state index in [1.165, 1.54) is 0 Å². The highest BCUT2D eigenvalue weighted by Gasteiger charge is 2.33. The van der Waals surface area contributed by atoms with E-state index in [4.69, 9.17) is 5.73 Å². The molecule has 0 aliphatic carbocycles. The van der Waals surface area contributed by atoms with Crippen molar-refractivity contribution >= 4 is 17.5 Å². The number of phenolic OH excluding ortho intramolecular Hbond substituents is 1. The van der Waals surface area contributed by atoms with Crippen LogP contribution in [0.2, 0.25) is 0 Å². The molecule has 130 valence electrons. The van der Waals surface area contributed by atoms with Crippen molar-refractivity contribution in [1.82, 2.24) is 15.1 Å². The second-order valence-corrected chi connectivity index (χ2v) is 6.24. The van der Waals surface area contributed by atoms with E-state index < -0.39 is 0 Å². The fraction of sp³-hybridized carbons (Fsp3) is 0.353. The molecule has 0 unspecified atom stereocenters. The summed E-state index contributed by atoms with van der Waals surface area (Å²) in [5.41, 5.74) is 8.32. The average molecular weight is 339 g/mol. The monoisotopic (exact) mass is 339 g/mol. The molecule has 3 heterocycles. The van der Waals surface area contributed by atoms with Gasteiger partial charge in [-0.15, -0.1) is 10.2 Å². The quantitative estimate of drug-likeness (QED) is 0.519. The Morgan fingerprint density at radius 2 is 2.16 bits per heavy atom. The van der Waals surface area contributed by atoms with Crippen LogP contribution in [-0.2, 0) is 0 Å². The number of rotatable bonds is 1. The van der Waals surface area contributed by atoms with Crippen LogP contribution in [0.3, 0.4) is 0 Å². The minimum atomic E-state index is 0.203. The summed E-state index contributed by atoms with van der Waals surface area (Å²) in [6.07, 6.45) is 0. The number of nitrogens with one attached hydrogen (secondary N) is 1. The lowest BCUT2D eigenvalue weighted by Gasteiger charge is -2.46. The molecule has 1 aromatic carbocycles. The molecule has 1 aromatic heterocycles. The zero-order chi connectivity index (χ0) is 17.4. The van der Waals surface area contributed by atoms with Crippen molar-refractivity contribution < 1.29 is 5.11 Å². The van der Waals surface area contributed by atoms with E-state index in [9.17, 15) is 5.11 Å². The Labute approximate surface area is 146 Å². The van der Waals surface area contributed by atoms with Crippen LogP contribution < -0.4 is 16.0 Å². The van der Waals surface area contributed by atoms with Crippen LogP contribution in [0.15, 0.2) is 35.3 Å². The first-order valence-electron chi connectivity index (χ1n) is 8.31. The molecule has 8 nitrogen and oxygen atoms in total. The van der Waals surface area contributed by atoms with E-state index in [-0.39, 0.29) is 11.8 Å². The van der Waals surface area contributed by atoms with Gasteiger partial charge < -0.3 is 26.0 Å². The fourth-order valence-corrected chi connectivity index (χ4v) is 3.46. The van der Waals surface area contributed by atoms with Crippen LogP contribution in [-0.4, -0.2) is 65.4 Å². The molecular weight excluding hydrogens is 318 g/mol. The predicted octanol–water partition coefficient (Wildman–Crippen LogP) is 0.710. The number of aromatic nitrogens is 2. The summed E-state index contributed by atoms with van der Waals surface area (Å²) in [4.78, 5) is 8.53. The molecule has 1 saturated heterocycles. The summed E-state index contributed by atoms with van der Waals surface area (Å²) in [7, 11) is 1.71. The number of guanidine groups is 1. The van der Waals surface area contributed by atoms with E-state index in [0.717, 1.165) is 37.7 Å². The maximum atomic E-state index is 10.1. The maximum Gasteiger partial charge on any atom is 0.191 e. The Hall–Kier alpha value is -3.03. The Bertz CT molecular complexity index is 822. The van der Waals surface area contributed by atoms with Gasteiger partial charge in [0.1, 0.15) is 5.75 Å². The smallest absolute Gasteiger partial charge is 0.191 e. The molecule has 2 aliphatic heterocycles. The molecule has 25 heavy (non-hydrogen) atoms. The van der Waals surface area contributed by atoms with Crippen molar-refractivity contribution in [1.29, 1.82) is 0 Å². The van der Waals surface area contributed by atoms with Crippen molar-refractivity contribution in [3.63, 3.8) is 0 Å². The Balaban J connectivity index is 1.66.